The number of carbonyl (C=O) groups is 2. The lowest BCUT2D eigenvalue weighted by atomic mass is 10.2. The molecule has 0 unspecified atom stereocenters. The number of nitrogens with one attached hydrogen (secondary N) is 1. The van der Waals surface area contributed by atoms with Crippen molar-refractivity contribution in [3.05, 3.63) is 33.4 Å². The second kappa shape index (κ2) is 4.75. The quantitative estimate of drug-likeness (QED) is 0.618. The molecule has 1 saturated heterocycles. The Labute approximate surface area is 119 Å². The molecule has 0 saturated carbocycles. The molecule has 0 bridgehead atoms. The van der Waals surface area contributed by atoms with Crippen LogP contribution in [0.15, 0.2) is 23.4 Å². The molecule has 7 heteroatoms. The lowest BCUT2D eigenvalue weighted by molar-refractivity contribution is -0.114. The van der Waals surface area contributed by atoms with Gasteiger partial charge in [-0.25, -0.2) is 9.69 Å². The number of phenolic OH excluding ortho intramolecular Hbond substituents is 1. The third-order valence-electron chi connectivity index (χ3n) is 2.61. The van der Waals surface area contributed by atoms with Gasteiger partial charge in [0.05, 0.1) is 15.7 Å². The number of anilines is 1. The molecule has 0 aliphatic carbocycles. The first kappa shape index (κ1) is 13.7. The molecule has 0 spiro atoms. The Morgan fingerprint density at radius 2 is 1.84 bits per heavy atom. The number of hydrogen-bond donors (Lipinski definition) is 2. The van der Waals surface area contributed by atoms with Gasteiger partial charge in [0, 0.05) is 6.07 Å². The molecule has 2 rings (SSSR count). The molecule has 1 aliphatic heterocycles. The van der Waals surface area contributed by atoms with E-state index in [1.807, 2.05) is 0 Å². The molecule has 0 aromatic heterocycles. The Balaban J connectivity index is 2.55. The van der Waals surface area contributed by atoms with E-state index >= 15 is 0 Å². The molecular weight excluding hydrogens is 291 g/mol. The second-order valence-corrected chi connectivity index (χ2v) is 5.02. The van der Waals surface area contributed by atoms with Gasteiger partial charge in [0.15, 0.2) is 0 Å². The first-order valence-corrected chi connectivity index (χ1v) is 6.09. The number of urea groups is 1. The molecule has 0 radical (unpaired) electrons. The number of halogens is 2. The Kier molecular flexibility index (Phi) is 3.43. The van der Waals surface area contributed by atoms with Crippen molar-refractivity contribution in [1.29, 1.82) is 0 Å². The number of carbonyl (C=O) groups excluding carboxylic acids is 2. The number of rotatable bonds is 1. The zero-order valence-electron chi connectivity index (χ0n) is 10.1. The van der Waals surface area contributed by atoms with Gasteiger partial charge in [0.25, 0.3) is 5.91 Å². The Bertz CT molecular complexity index is 622. The van der Waals surface area contributed by atoms with Gasteiger partial charge in [-0.05, 0) is 25.5 Å². The van der Waals surface area contributed by atoms with E-state index in [1.165, 1.54) is 12.1 Å². The van der Waals surface area contributed by atoms with Crippen LogP contribution in [-0.2, 0) is 4.79 Å². The van der Waals surface area contributed by atoms with Crippen molar-refractivity contribution in [2.75, 3.05) is 4.90 Å². The number of imide groups is 1. The van der Waals surface area contributed by atoms with Gasteiger partial charge in [-0.3, -0.25) is 4.79 Å². The molecule has 1 heterocycles. The average molecular weight is 301 g/mol. The van der Waals surface area contributed by atoms with Gasteiger partial charge >= 0.3 is 6.03 Å². The second-order valence-electron chi connectivity index (χ2n) is 4.20. The van der Waals surface area contributed by atoms with Gasteiger partial charge in [0.1, 0.15) is 11.4 Å². The van der Waals surface area contributed by atoms with Gasteiger partial charge in [-0.15, -0.1) is 0 Å². The van der Waals surface area contributed by atoms with E-state index in [2.05, 4.69) is 5.32 Å². The molecule has 100 valence electrons. The lowest BCUT2D eigenvalue weighted by Crippen LogP contribution is -2.30. The smallest absolute Gasteiger partial charge is 0.333 e. The minimum atomic E-state index is -0.621. The van der Waals surface area contributed by atoms with E-state index in [9.17, 15) is 14.7 Å². The van der Waals surface area contributed by atoms with Crippen LogP contribution in [0.3, 0.4) is 0 Å². The van der Waals surface area contributed by atoms with E-state index in [0.29, 0.717) is 5.57 Å². The first-order chi connectivity index (χ1) is 8.82. The maximum atomic E-state index is 12.1. The summed E-state index contributed by atoms with van der Waals surface area (Å²) in [7, 11) is 0. The van der Waals surface area contributed by atoms with E-state index in [-0.39, 0.29) is 27.2 Å². The van der Waals surface area contributed by atoms with Crippen LogP contribution >= 0.6 is 23.2 Å². The van der Waals surface area contributed by atoms with Gasteiger partial charge in [0.2, 0.25) is 0 Å². The summed E-state index contributed by atoms with van der Waals surface area (Å²) in [5, 5.41) is 12.2. The number of amides is 3. The van der Waals surface area contributed by atoms with Crippen LogP contribution in [0.1, 0.15) is 13.8 Å². The normalized spacial score (nSPS) is 14.9. The van der Waals surface area contributed by atoms with Crippen LogP contribution in [0.2, 0.25) is 10.0 Å². The molecule has 1 fully saturated rings. The highest BCUT2D eigenvalue weighted by atomic mass is 35.5. The Hall–Kier alpha value is -1.72. The van der Waals surface area contributed by atoms with Crippen molar-refractivity contribution in [3.63, 3.8) is 0 Å². The van der Waals surface area contributed by atoms with Crippen molar-refractivity contribution in [3.8, 4) is 5.75 Å². The minimum Gasteiger partial charge on any atom is -0.506 e. The minimum absolute atomic E-state index is 0.0447. The molecule has 2 N–H and O–H groups in total. The van der Waals surface area contributed by atoms with Crippen molar-refractivity contribution in [2.24, 2.45) is 0 Å². The monoisotopic (exact) mass is 300 g/mol. The fraction of sp³-hybridized carbons (Fsp3) is 0.167. The van der Waals surface area contributed by atoms with E-state index in [1.54, 1.807) is 13.8 Å². The highest BCUT2D eigenvalue weighted by Gasteiger charge is 2.36. The Morgan fingerprint density at radius 1 is 1.21 bits per heavy atom. The van der Waals surface area contributed by atoms with Crippen molar-refractivity contribution >= 4 is 40.8 Å². The predicted molar refractivity (Wildman–Crippen MR) is 72.5 cm³/mol. The standard InChI is InChI=1S/C12H10Cl2N2O3/c1-5(2)10-11(18)16(12(19)15-10)8-4-9(17)7(14)3-6(8)13/h3-4,17H,1-2H3,(H,15,19). The zero-order chi connectivity index (χ0) is 14.3. The summed E-state index contributed by atoms with van der Waals surface area (Å²) < 4.78 is 0. The molecular formula is C12H10Cl2N2O3. The van der Waals surface area contributed by atoms with Crippen LogP contribution in [-0.4, -0.2) is 17.0 Å². The summed E-state index contributed by atoms with van der Waals surface area (Å²) >= 11 is 11.7. The predicted octanol–water partition coefficient (Wildman–Crippen LogP) is 3.05. The number of allylic oxidation sites excluding steroid dienone is 1. The maximum Gasteiger partial charge on any atom is 0.333 e. The molecule has 3 amide bonds. The topological polar surface area (TPSA) is 69.6 Å². The molecule has 1 aromatic carbocycles. The molecule has 5 nitrogen and oxygen atoms in total. The fourth-order valence-electron chi connectivity index (χ4n) is 1.68. The highest BCUT2D eigenvalue weighted by Crippen LogP contribution is 2.37. The van der Waals surface area contributed by atoms with Gasteiger partial charge in [-0.1, -0.05) is 23.2 Å². The third-order valence-corrected chi connectivity index (χ3v) is 3.21. The number of phenols is 1. The third kappa shape index (κ3) is 2.27. The van der Waals surface area contributed by atoms with Crippen molar-refractivity contribution < 1.29 is 14.7 Å². The molecule has 0 atom stereocenters. The van der Waals surface area contributed by atoms with Gasteiger partial charge in [-0.2, -0.15) is 0 Å². The molecule has 1 aliphatic rings. The number of nitrogens with zero attached hydrogens (tertiary/aromatic N) is 1. The zero-order valence-corrected chi connectivity index (χ0v) is 11.6. The van der Waals surface area contributed by atoms with E-state index in [4.69, 9.17) is 23.2 Å². The van der Waals surface area contributed by atoms with Gasteiger partial charge < -0.3 is 10.4 Å². The highest BCUT2D eigenvalue weighted by molar-refractivity contribution is 6.39. The first-order valence-electron chi connectivity index (χ1n) is 5.34. The van der Waals surface area contributed by atoms with Crippen molar-refractivity contribution in [1.82, 2.24) is 5.32 Å². The summed E-state index contributed by atoms with van der Waals surface area (Å²) in [6, 6.07) is 1.83. The molecule has 19 heavy (non-hydrogen) atoms. The summed E-state index contributed by atoms with van der Waals surface area (Å²) in [6.07, 6.45) is 0. The summed E-state index contributed by atoms with van der Waals surface area (Å²) in [4.78, 5) is 24.8. The fourth-order valence-corrected chi connectivity index (χ4v) is 2.14. The summed E-state index contributed by atoms with van der Waals surface area (Å²) in [5.74, 6) is -0.777. The number of aromatic hydroxyl groups is 1. The van der Waals surface area contributed by atoms with Crippen LogP contribution in [0.5, 0.6) is 5.75 Å². The van der Waals surface area contributed by atoms with Crippen LogP contribution < -0.4 is 10.2 Å². The largest absolute Gasteiger partial charge is 0.506 e. The number of benzene rings is 1. The lowest BCUT2D eigenvalue weighted by Gasteiger charge is -2.14. The average Bonchev–Trinajstić information content (AvgIpc) is 2.60. The molecule has 1 aromatic rings. The summed E-state index contributed by atoms with van der Waals surface area (Å²) in [5.41, 5.74) is 0.966. The van der Waals surface area contributed by atoms with Crippen molar-refractivity contribution in [2.45, 2.75) is 13.8 Å². The van der Waals surface area contributed by atoms with E-state index in [0.717, 1.165) is 4.90 Å². The van der Waals surface area contributed by atoms with Crippen LogP contribution in [0, 0.1) is 0 Å². The SMILES string of the molecule is CC(C)=C1NC(=O)N(c2cc(O)c(Cl)cc2Cl)C1=O. The Morgan fingerprint density at radius 3 is 2.37 bits per heavy atom. The van der Waals surface area contributed by atoms with Crippen LogP contribution in [0.4, 0.5) is 10.5 Å². The maximum absolute atomic E-state index is 12.1. The van der Waals surface area contributed by atoms with E-state index < -0.39 is 11.9 Å². The number of hydrogen-bond acceptors (Lipinski definition) is 3. The summed E-state index contributed by atoms with van der Waals surface area (Å²) in [6.45, 7) is 3.41. The van der Waals surface area contributed by atoms with Crippen LogP contribution in [0.25, 0.3) is 0 Å².